The Hall–Kier alpha value is -2.86. The number of hydrogen-bond donors (Lipinski definition) is 2. The van der Waals surface area contributed by atoms with Crippen LogP contribution < -0.4 is 11.1 Å². The van der Waals surface area contributed by atoms with E-state index in [2.05, 4.69) is 31.2 Å². The molecule has 0 aliphatic carbocycles. The van der Waals surface area contributed by atoms with Gasteiger partial charge >= 0.3 is 0 Å². The van der Waals surface area contributed by atoms with Gasteiger partial charge in [-0.1, -0.05) is 31.2 Å². The average molecular weight is 395 g/mol. The molecule has 1 saturated heterocycles. The Labute approximate surface area is 172 Å². The van der Waals surface area contributed by atoms with Gasteiger partial charge in [-0.15, -0.1) is 0 Å². The fraction of sp³-hybridized carbons (Fsp3) is 0.391. The monoisotopic (exact) mass is 394 g/mol. The van der Waals surface area contributed by atoms with E-state index in [1.165, 1.54) is 0 Å². The number of benzene rings is 2. The Balaban J connectivity index is 1.64. The van der Waals surface area contributed by atoms with Gasteiger partial charge in [0.2, 0.25) is 5.91 Å². The summed E-state index contributed by atoms with van der Waals surface area (Å²) in [4.78, 5) is 29.0. The lowest BCUT2D eigenvalue weighted by Crippen LogP contribution is -2.48. The van der Waals surface area contributed by atoms with Crippen LogP contribution in [0.4, 0.5) is 11.4 Å². The van der Waals surface area contributed by atoms with E-state index in [9.17, 15) is 9.59 Å². The van der Waals surface area contributed by atoms with Crippen LogP contribution in [-0.2, 0) is 11.3 Å². The second kappa shape index (κ2) is 8.66. The van der Waals surface area contributed by atoms with Crippen molar-refractivity contribution >= 4 is 23.2 Å². The maximum Gasteiger partial charge on any atom is 0.255 e. The lowest BCUT2D eigenvalue weighted by atomic mass is 9.81. The van der Waals surface area contributed by atoms with Crippen LogP contribution in [0.25, 0.3) is 0 Å². The lowest BCUT2D eigenvalue weighted by molar-refractivity contribution is -0.138. The van der Waals surface area contributed by atoms with Crippen LogP contribution in [0.2, 0.25) is 0 Å². The number of nitrogens with one attached hydrogen (secondary N) is 1. The van der Waals surface area contributed by atoms with Crippen molar-refractivity contribution in [1.82, 2.24) is 9.80 Å². The molecular formula is C23H30N4O2. The quantitative estimate of drug-likeness (QED) is 0.738. The highest BCUT2D eigenvalue weighted by atomic mass is 16.2. The molecule has 1 fully saturated rings. The molecule has 29 heavy (non-hydrogen) atoms. The van der Waals surface area contributed by atoms with Gasteiger partial charge in [-0.3, -0.25) is 9.59 Å². The summed E-state index contributed by atoms with van der Waals surface area (Å²) in [5.74, 6) is -0.00957. The molecule has 154 valence electrons. The Morgan fingerprint density at radius 1 is 1.17 bits per heavy atom. The predicted octanol–water partition coefficient (Wildman–Crippen LogP) is 3.21. The van der Waals surface area contributed by atoms with Gasteiger partial charge in [0.05, 0.1) is 11.4 Å². The van der Waals surface area contributed by atoms with Crippen LogP contribution in [0.15, 0.2) is 48.5 Å². The number of amides is 2. The number of anilines is 2. The Morgan fingerprint density at radius 3 is 2.52 bits per heavy atom. The highest BCUT2D eigenvalue weighted by Gasteiger charge is 2.35. The lowest BCUT2D eigenvalue weighted by Gasteiger charge is -2.41. The van der Waals surface area contributed by atoms with Crippen molar-refractivity contribution < 1.29 is 9.59 Å². The number of nitrogens with zero attached hydrogens (tertiary/aromatic N) is 2. The van der Waals surface area contributed by atoms with Crippen LogP contribution >= 0.6 is 0 Å². The van der Waals surface area contributed by atoms with Crippen LogP contribution in [0, 0.1) is 5.41 Å². The van der Waals surface area contributed by atoms with Crippen molar-refractivity contribution in [2.24, 2.45) is 5.41 Å². The van der Waals surface area contributed by atoms with E-state index in [0.29, 0.717) is 29.9 Å². The van der Waals surface area contributed by atoms with E-state index in [-0.39, 0.29) is 17.2 Å². The molecule has 3 rings (SSSR count). The summed E-state index contributed by atoms with van der Waals surface area (Å²) < 4.78 is 0. The molecule has 1 aliphatic rings. The third-order valence-corrected chi connectivity index (χ3v) is 5.36. The van der Waals surface area contributed by atoms with Gasteiger partial charge in [0.25, 0.3) is 5.91 Å². The zero-order valence-corrected chi connectivity index (χ0v) is 17.4. The Morgan fingerprint density at radius 2 is 1.86 bits per heavy atom. The molecule has 2 aromatic rings. The fourth-order valence-electron chi connectivity index (χ4n) is 4.02. The minimum absolute atomic E-state index is 0.104. The van der Waals surface area contributed by atoms with Crippen molar-refractivity contribution in [1.29, 1.82) is 0 Å². The zero-order chi connectivity index (χ0) is 21.0. The van der Waals surface area contributed by atoms with Crippen molar-refractivity contribution in [3.05, 3.63) is 59.7 Å². The maximum absolute atomic E-state index is 12.5. The molecule has 3 N–H and O–H groups in total. The standard InChI is InChI=1S/C23H30N4O2/c1-23(15-26(2)3)13-12-21(28)27(16-23)14-17-8-10-18(11-9-17)22(29)25-20-7-5-4-6-19(20)24/h4-11H,12-16,24H2,1-3H3,(H,25,29). The molecule has 1 unspecified atom stereocenters. The molecule has 0 bridgehead atoms. The van der Waals surface area contributed by atoms with Gasteiger partial charge in [0.15, 0.2) is 0 Å². The van der Waals surface area contributed by atoms with Gasteiger partial charge in [0.1, 0.15) is 0 Å². The number of likely N-dealkylation sites (tertiary alicyclic amines) is 1. The molecule has 2 aromatic carbocycles. The molecule has 0 aromatic heterocycles. The number of carbonyl (C=O) groups excluding carboxylic acids is 2. The number of carbonyl (C=O) groups is 2. The smallest absolute Gasteiger partial charge is 0.255 e. The second-order valence-corrected chi connectivity index (χ2v) is 8.54. The number of rotatable bonds is 6. The van der Waals surface area contributed by atoms with Crippen LogP contribution in [0.1, 0.15) is 35.7 Å². The zero-order valence-electron chi connectivity index (χ0n) is 17.4. The van der Waals surface area contributed by atoms with Crippen LogP contribution in [0.5, 0.6) is 0 Å². The molecule has 2 amide bonds. The SMILES string of the molecule is CN(C)CC1(C)CCC(=O)N(Cc2ccc(C(=O)Nc3ccccc3N)cc2)C1. The molecule has 1 heterocycles. The number of para-hydroxylation sites is 2. The van der Waals surface area contributed by atoms with E-state index in [4.69, 9.17) is 5.73 Å². The first-order valence-corrected chi connectivity index (χ1v) is 9.93. The first kappa shape index (κ1) is 20.9. The van der Waals surface area contributed by atoms with Crippen LogP contribution in [-0.4, -0.2) is 48.8 Å². The summed E-state index contributed by atoms with van der Waals surface area (Å²) in [7, 11) is 4.14. The predicted molar refractivity (Wildman–Crippen MR) is 117 cm³/mol. The van der Waals surface area contributed by atoms with Crippen molar-refractivity contribution in [3.63, 3.8) is 0 Å². The molecular weight excluding hydrogens is 364 g/mol. The van der Waals surface area contributed by atoms with Gasteiger partial charge in [-0.2, -0.15) is 0 Å². The number of piperidine rings is 1. The normalized spacial score (nSPS) is 19.4. The largest absolute Gasteiger partial charge is 0.397 e. The summed E-state index contributed by atoms with van der Waals surface area (Å²) in [6, 6.07) is 14.6. The minimum atomic E-state index is -0.206. The average Bonchev–Trinajstić information content (AvgIpc) is 2.66. The number of nitrogens with two attached hydrogens (primary N) is 1. The van der Waals surface area contributed by atoms with E-state index < -0.39 is 0 Å². The summed E-state index contributed by atoms with van der Waals surface area (Å²) in [5.41, 5.74) is 8.69. The third-order valence-electron chi connectivity index (χ3n) is 5.36. The van der Waals surface area contributed by atoms with Gasteiger partial charge in [-0.25, -0.2) is 0 Å². The minimum Gasteiger partial charge on any atom is -0.397 e. The summed E-state index contributed by atoms with van der Waals surface area (Å²) in [6.07, 6.45) is 1.51. The van der Waals surface area contributed by atoms with Gasteiger partial charge in [0, 0.05) is 31.6 Å². The molecule has 0 spiro atoms. The van der Waals surface area contributed by atoms with Gasteiger partial charge < -0.3 is 20.9 Å². The second-order valence-electron chi connectivity index (χ2n) is 8.54. The summed E-state index contributed by atoms with van der Waals surface area (Å²) >= 11 is 0. The molecule has 6 nitrogen and oxygen atoms in total. The highest BCUT2D eigenvalue weighted by Crippen LogP contribution is 2.31. The third kappa shape index (κ3) is 5.35. The summed E-state index contributed by atoms with van der Waals surface area (Å²) in [5, 5.41) is 2.83. The fourth-order valence-corrected chi connectivity index (χ4v) is 4.02. The molecule has 1 aliphatic heterocycles. The molecule has 0 saturated carbocycles. The molecule has 6 heteroatoms. The first-order chi connectivity index (χ1) is 13.8. The van der Waals surface area contributed by atoms with Crippen molar-refractivity contribution in [3.8, 4) is 0 Å². The summed E-state index contributed by atoms with van der Waals surface area (Å²) in [6.45, 7) is 4.52. The highest BCUT2D eigenvalue weighted by molar-refractivity contribution is 6.05. The Bertz CT molecular complexity index is 879. The van der Waals surface area contributed by atoms with E-state index in [0.717, 1.165) is 25.1 Å². The van der Waals surface area contributed by atoms with Crippen molar-refractivity contribution in [2.45, 2.75) is 26.3 Å². The topological polar surface area (TPSA) is 78.7 Å². The van der Waals surface area contributed by atoms with Crippen molar-refractivity contribution in [2.75, 3.05) is 38.2 Å². The maximum atomic E-state index is 12.5. The number of nitrogen functional groups attached to an aromatic ring is 1. The first-order valence-electron chi connectivity index (χ1n) is 9.93. The van der Waals surface area contributed by atoms with Gasteiger partial charge in [-0.05, 0) is 55.8 Å². The Kier molecular flexibility index (Phi) is 6.23. The molecule has 1 atom stereocenters. The van der Waals surface area contributed by atoms with E-state index in [1.807, 2.05) is 29.2 Å². The van der Waals surface area contributed by atoms with Crippen LogP contribution in [0.3, 0.4) is 0 Å². The van der Waals surface area contributed by atoms with E-state index in [1.54, 1.807) is 24.3 Å². The van der Waals surface area contributed by atoms with E-state index >= 15 is 0 Å². The number of hydrogen-bond acceptors (Lipinski definition) is 4. The molecule has 0 radical (unpaired) electrons.